The van der Waals surface area contributed by atoms with Gasteiger partial charge < -0.3 is 9.88 Å². The maximum absolute atomic E-state index is 11.0. The lowest BCUT2D eigenvalue weighted by Gasteiger charge is -2.09. The van der Waals surface area contributed by atoms with Crippen molar-refractivity contribution in [1.29, 1.82) is 0 Å². The van der Waals surface area contributed by atoms with E-state index in [2.05, 4.69) is 21.8 Å². The number of imidazole rings is 1. The van der Waals surface area contributed by atoms with Gasteiger partial charge in [0, 0.05) is 24.6 Å². The maximum Gasteiger partial charge on any atom is 0.213 e. The zero-order valence-electron chi connectivity index (χ0n) is 12.0. The number of hydrogen-bond acceptors (Lipinski definition) is 4. The second-order valence-electron chi connectivity index (χ2n) is 4.89. The Kier molecular flexibility index (Phi) is 4.98. The number of nitrogens with two attached hydrogens (primary N) is 1. The highest BCUT2D eigenvalue weighted by Gasteiger charge is 2.05. The van der Waals surface area contributed by atoms with Crippen molar-refractivity contribution in [2.45, 2.75) is 32.2 Å². The van der Waals surface area contributed by atoms with Crippen LogP contribution < -0.4 is 10.5 Å². The molecule has 0 unspecified atom stereocenters. The number of primary sulfonamides is 1. The molecule has 1 heterocycles. The van der Waals surface area contributed by atoms with E-state index in [0.717, 1.165) is 24.5 Å². The van der Waals surface area contributed by atoms with Crippen molar-refractivity contribution in [2.75, 3.05) is 5.32 Å². The minimum absolute atomic E-state index is 0.145. The average Bonchev–Trinajstić information content (AvgIpc) is 2.84. The molecule has 0 bridgehead atoms. The van der Waals surface area contributed by atoms with Crippen LogP contribution in [0.1, 0.15) is 24.7 Å². The van der Waals surface area contributed by atoms with Crippen LogP contribution in [0.3, 0.4) is 0 Å². The normalized spacial score (nSPS) is 11.5. The molecule has 3 N–H and O–H groups in total. The number of anilines is 1. The smallest absolute Gasteiger partial charge is 0.213 e. The monoisotopic (exact) mass is 308 g/mol. The molecule has 0 saturated carbocycles. The Bertz CT molecular complexity index is 677. The molecule has 0 aliphatic rings. The van der Waals surface area contributed by atoms with Crippen LogP contribution in [0.2, 0.25) is 0 Å². The third-order valence-corrected chi connectivity index (χ3v) is 3.77. The molecule has 0 aliphatic carbocycles. The fraction of sp³-hybridized carbons (Fsp3) is 0.357. The van der Waals surface area contributed by atoms with Gasteiger partial charge in [-0.05, 0) is 24.1 Å². The van der Waals surface area contributed by atoms with Gasteiger partial charge in [0.15, 0.2) is 0 Å². The largest absolute Gasteiger partial charge is 0.378 e. The lowest BCUT2D eigenvalue weighted by Crippen LogP contribution is -2.14. The molecule has 6 nitrogen and oxygen atoms in total. The molecule has 2 rings (SSSR count). The summed E-state index contributed by atoms with van der Waals surface area (Å²) in [5.41, 5.74) is 1.59. The molecule has 0 atom stereocenters. The lowest BCUT2D eigenvalue weighted by molar-refractivity contribution is 0.597. The SMILES string of the molecule is CCCn1ccnc1CNc1ccc(CS(N)(=O)=O)cc1. The summed E-state index contributed by atoms with van der Waals surface area (Å²) in [6.07, 6.45) is 4.82. The van der Waals surface area contributed by atoms with E-state index in [-0.39, 0.29) is 5.75 Å². The van der Waals surface area contributed by atoms with Gasteiger partial charge in [-0.15, -0.1) is 0 Å². The van der Waals surface area contributed by atoms with E-state index >= 15 is 0 Å². The second-order valence-corrected chi connectivity index (χ2v) is 6.51. The minimum Gasteiger partial charge on any atom is -0.378 e. The maximum atomic E-state index is 11.0. The first-order valence-corrected chi connectivity index (χ1v) is 8.53. The summed E-state index contributed by atoms with van der Waals surface area (Å²) >= 11 is 0. The molecule has 0 aliphatic heterocycles. The summed E-state index contributed by atoms with van der Waals surface area (Å²) in [7, 11) is -3.48. The molecular formula is C14H20N4O2S. The second kappa shape index (κ2) is 6.73. The number of nitrogens with one attached hydrogen (secondary N) is 1. The predicted molar refractivity (Wildman–Crippen MR) is 83.1 cm³/mol. The van der Waals surface area contributed by atoms with E-state index in [4.69, 9.17) is 5.14 Å². The van der Waals surface area contributed by atoms with Crippen molar-refractivity contribution in [3.8, 4) is 0 Å². The van der Waals surface area contributed by atoms with Crippen molar-refractivity contribution in [3.05, 3.63) is 48.0 Å². The number of benzene rings is 1. The van der Waals surface area contributed by atoms with Crippen molar-refractivity contribution >= 4 is 15.7 Å². The molecule has 0 spiro atoms. The number of rotatable bonds is 7. The van der Waals surface area contributed by atoms with Crippen molar-refractivity contribution in [2.24, 2.45) is 5.14 Å². The Labute approximate surface area is 125 Å². The third-order valence-electron chi connectivity index (χ3n) is 3.04. The van der Waals surface area contributed by atoms with Gasteiger partial charge in [-0.2, -0.15) is 0 Å². The van der Waals surface area contributed by atoms with Gasteiger partial charge in [-0.3, -0.25) is 0 Å². The Morgan fingerprint density at radius 2 is 2.00 bits per heavy atom. The molecule has 0 amide bonds. The Balaban J connectivity index is 1.96. The summed E-state index contributed by atoms with van der Waals surface area (Å²) in [4.78, 5) is 4.32. The molecule has 7 heteroatoms. The third kappa shape index (κ3) is 4.87. The molecule has 1 aromatic heterocycles. The zero-order valence-corrected chi connectivity index (χ0v) is 12.8. The molecule has 114 valence electrons. The molecule has 1 aromatic carbocycles. The van der Waals surface area contributed by atoms with Crippen LogP contribution in [0.4, 0.5) is 5.69 Å². The summed E-state index contributed by atoms with van der Waals surface area (Å²) in [5.74, 6) is 0.833. The van der Waals surface area contributed by atoms with E-state index in [9.17, 15) is 8.42 Å². The van der Waals surface area contributed by atoms with E-state index < -0.39 is 10.0 Å². The van der Waals surface area contributed by atoms with Crippen LogP contribution >= 0.6 is 0 Å². The summed E-state index contributed by atoms with van der Waals surface area (Å²) in [6, 6.07) is 7.19. The van der Waals surface area contributed by atoms with Crippen LogP contribution in [-0.4, -0.2) is 18.0 Å². The van der Waals surface area contributed by atoms with Crippen LogP contribution in [0.15, 0.2) is 36.7 Å². The van der Waals surface area contributed by atoms with E-state index in [0.29, 0.717) is 12.1 Å². The van der Waals surface area contributed by atoms with Gasteiger partial charge in [-0.1, -0.05) is 19.1 Å². The van der Waals surface area contributed by atoms with Crippen LogP contribution in [0, 0.1) is 0 Å². The number of hydrogen-bond donors (Lipinski definition) is 2. The molecule has 2 aromatic rings. The number of aryl methyl sites for hydroxylation is 1. The van der Waals surface area contributed by atoms with E-state index in [1.807, 2.05) is 18.3 Å². The Hall–Kier alpha value is -1.86. The molecule has 0 radical (unpaired) electrons. The summed E-state index contributed by atoms with van der Waals surface area (Å²) in [5, 5.41) is 8.29. The van der Waals surface area contributed by atoms with Crippen LogP contribution in [0.25, 0.3) is 0 Å². The summed E-state index contributed by atoms with van der Waals surface area (Å²) < 4.78 is 24.1. The first-order valence-electron chi connectivity index (χ1n) is 6.81. The van der Waals surface area contributed by atoms with Gasteiger partial charge in [0.1, 0.15) is 5.82 Å². The van der Waals surface area contributed by atoms with Crippen molar-refractivity contribution in [3.63, 3.8) is 0 Å². The van der Waals surface area contributed by atoms with Crippen LogP contribution in [-0.2, 0) is 28.9 Å². The molecular weight excluding hydrogens is 288 g/mol. The molecule has 0 saturated heterocycles. The number of aromatic nitrogens is 2. The van der Waals surface area contributed by atoms with E-state index in [1.54, 1.807) is 18.3 Å². The van der Waals surface area contributed by atoms with Gasteiger partial charge in [-0.25, -0.2) is 18.5 Å². The zero-order chi connectivity index (χ0) is 15.3. The first kappa shape index (κ1) is 15.5. The predicted octanol–water partition coefficient (Wildman–Crippen LogP) is 1.69. The number of nitrogens with zero attached hydrogens (tertiary/aromatic N) is 2. The molecule has 21 heavy (non-hydrogen) atoms. The van der Waals surface area contributed by atoms with Gasteiger partial charge >= 0.3 is 0 Å². The van der Waals surface area contributed by atoms with E-state index in [1.165, 1.54) is 0 Å². The Morgan fingerprint density at radius 1 is 1.29 bits per heavy atom. The van der Waals surface area contributed by atoms with Gasteiger partial charge in [0.2, 0.25) is 10.0 Å². The number of sulfonamides is 1. The highest BCUT2D eigenvalue weighted by molar-refractivity contribution is 7.88. The highest BCUT2D eigenvalue weighted by Crippen LogP contribution is 2.12. The van der Waals surface area contributed by atoms with Gasteiger partial charge in [0.25, 0.3) is 0 Å². The fourth-order valence-corrected chi connectivity index (χ4v) is 2.74. The molecule has 0 fully saturated rings. The Morgan fingerprint density at radius 3 is 2.62 bits per heavy atom. The summed E-state index contributed by atoms with van der Waals surface area (Å²) in [6.45, 7) is 3.70. The topological polar surface area (TPSA) is 90.0 Å². The van der Waals surface area contributed by atoms with Crippen molar-refractivity contribution in [1.82, 2.24) is 9.55 Å². The minimum atomic E-state index is -3.48. The first-order chi connectivity index (χ1) is 9.98. The average molecular weight is 308 g/mol. The standard InChI is InChI=1S/C14H20N4O2S/c1-2-8-18-9-7-16-14(18)10-17-13-5-3-12(4-6-13)11-21(15,19)20/h3-7,9,17H,2,8,10-11H2,1H3,(H2,15,19,20). The lowest BCUT2D eigenvalue weighted by atomic mass is 10.2. The fourth-order valence-electron chi connectivity index (χ4n) is 2.08. The highest BCUT2D eigenvalue weighted by atomic mass is 32.2. The van der Waals surface area contributed by atoms with Crippen molar-refractivity contribution < 1.29 is 8.42 Å². The van der Waals surface area contributed by atoms with Gasteiger partial charge in [0.05, 0.1) is 12.3 Å². The quantitative estimate of drug-likeness (QED) is 0.814. The van der Waals surface area contributed by atoms with Crippen LogP contribution in [0.5, 0.6) is 0 Å².